The topological polar surface area (TPSA) is 53.2 Å². The third-order valence-electron chi connectivity index (χ3n) is 3.02. The second-order valence-electron chi connectivity index (χ2n) is 4.25. The molecular weight excluding hydrogens is 284 g/mol. The van der Waals surface area contributed by atoms with E-state index < -0.39 is 0 Å². The molecule has 1 aromatic rings. The van der Waals surface area contributed by atoms with E-state index in [2.05, 4.69) is 36.1 Å². The van der Waals surface area contributed by atoms with Crippen LogP contribution in [0.25, 0.3) is 0 Å². The number of aromatic amines is 1. The van der Waals surface area contributed by atoms with Crippen molar-refractivity contribution in [2.45, 2.75) is 13.0 Å². The van der Waals surface area contributed by atoms with Crippen LogP contribution in [-0.2, 0) is 4.74 Å². The van der Waals surface area contributed by atoms with Gasteiger partial charge in [0, 0.05) is 19.6 Å². The zero-order valence-electron chi connectivity index (χ0n) is 10.3. The summed E-state index contributed by atoms with van der Waals surface area (Å²) in [5, 5.41) is 3.25. The molecule has 2 N–H and O–H groups in total. The lowest BCUT2D eigenvalue weighted by Gasteiger charge is -2.34. The molecule has 1 saturated heterocycles. The van der Waals surface area contributed by atoms with Crippen molar-refractivity contribution in [3.8, 4) is 0 Å². The predicted molar refractivity (Wildman–Crippen MR) is 70.1 cm³/mol. The molecule has 6 heteroatoms. The van der Waals surface area contributed by atoms with E-state index in [1.165, 1.54) is 0 Å². The summed E-state index contributed by atoms with van der Waals surface area (Å²) in [5.41, 5.74) is 1.15. The van der Waals surface area contributed by atoms with Gasteiger partial charge in [0.25, 0.3) is 0 Å². The van der Waals surface area contributed by atoms with Gasteiger partial charge in [-0.3, -0.25) is 4.90 Å². The molecule has 1 unspecified atom stereocenters. The van der Waals surface area contributed by atoms with Crippen LogP contribution in [0, 0.1) is 6.92 Å². The normalized spacial score (nSPS) is 19.5. The number of imidazole rings is 1. The van der Waals surface area contributed by atoms with Crippen LogP contribution < -0.4 is 5.32 Å². The number of hydrogen-bond acceptors (Lipinski definition) is 4. The predicted octanol–water partition coefficient (Wildman–Crippen LogP) is 1.07. The van der Waals surface area contributed by atoms with E-state index in [-0.39, 0.29) is 0 Å². The number of halogens is 1. The second kappa shape index (κ2) is 5.95. The van der Waals surface area contributed by atoms with Gasteiger partial charge in [0.2, 0.25) is 0 Å². The molecule has 5 nitrogen and oxygen atoms in total. The van der Waals surface area contributed by atoms with E-state index in [0.717, 1.165) is 49.0 Å². The Bertz CT molecular complexity index is 362. The van der Waals surface area contributed by atoms with E-state index in [4.69, 9.17) is 4.74 Å². The molecule has 1 atom stereocenters. The van der Waals surface area contributed by atoms with Crippen molar-refractivity contribution >= 4 is 15.9 Å². The fraction of sp³-hybridized carbons (Fsp3) is 0.727. The van der Waals surface area contributed by atoms with Gasteiger partial charge in [-0.25, -0.2) is 4.98 Å². The average Bonchev–Trinajstić information content (AvgIpc) is 2.66. The molecule has 96 valence electrons. The number of H-pyrrole nitrogens is 1. The Morgan fingerprint density at radius 3 is 2.76 bits per heavy atom. The standard InChI is InChI=1S/C11H19BrN4O/c1-8-14-10(11(12)15-8)9(7-13-2)16-3-5-17-6-4-16/h9,13H,3-7H2,1-2H3,(H,14,15). The van der Waals surface area contributed by atoms with Gasteiger partial charge in [-0.1, -0.05) is 0 Å². The quantitative estimate of drug-likeness (QED) is 0.874. The molecule has 0 amide bonds. The molecule has 1 aliphatic rings. The van der Waals surface area contributed by atoms with Crippen LogP contribution in [-0.4, -0.2) is 54.8 Å². The van der Waals surface area contributed by atoms with Crippen LogP contribution in [0.2, 0.25) is 0 Å². The van der Waals surface area contributed by atoms with Crippen LogP contribution in [0.1, 0.15) is 17.6 Å². The van der Waals surface area contributed by atoms with Crippen molar-refractivity contribution < 1.29 is 4.74 Å². The number of aryl methyl sites for hydroxylation is 1. The largest absolute Gasteiger partial charge is 0.379 e. The smallest absolute Gasteiger partial charge is 0.129 e. The van der Waals surface area contributed by atoms with Crippen LogP contribution in [0.3, 0.4) is 0 Å². The molecule has 0 saturated carbocycles. The first-order valence-corrected chi connectivity index (χ1v) is 6.70. The third-order valence-corrected chi connectivity index (χ3v) is 3.63. The van der Waals surface area contributed by atoms with Gasteiger partial charge in [0.1, 0.15) is 10.4 Å². The van der Waals surface area contributed by atoms with Crippen molar-refractivity contribution in [3.63, 3.8) is 0 Å². The van der Waals surface area contributed by atoms with Gasteiger partial charge >= 0.3 is 0 Å². The monoisotopic (exact) mass is 302 g/mol. The molecule has 0 bridgehead atoms. The van der Waals surface area contributed by atoms with Crippen molar-refractivity contribution in [2.24, 2.45) is 0 Å². The number of nitrogens with zero attached hydrogens (tertiary/aromatic N) is 2. The molecule has 0 radical (unpaired) electrons. The van der Waals surface area contributed by atoms with Crippen LogP contribution in [0.4, 0.5) is 0 Å². The van der Waals surface area contributed by atoms with Crippen molar-refractivity contribution in [2.75, 3.05) is 39.9 Å². The number of rotatable bonds is 4. The average molecular weight is 303 g/mol. The SMILES string of the molecule is CNCC(c1[nH]c(C)nc1Br)N1CCOCC1. The second-order valence-corrected chi connectivity index (χ2v) is 5.00. The van der Waals surface area contributed by atoms with Crippen LogP contribution >= 0.6 is 15.9 Å². The van der Waals surface area contributed by atoms with Crippen LogP contribution in [0.5, 0.6) is 0 Å². The zero-order valence-corrected chi connectivity index (χ0v) is 11.9. The Labute approximate surface area is 110 Å². The summed E-state index contributed by atoms with van der Waals surface area (Å²) in [7, 11) is 1.98. The molecule has 2 rings (SSSR count). The molecule has 0 aliphatic carbocycles. The molecule has 0 spiro atoms. The number of nitrogens with one attached hydrogen (secondary N) is 2. The number of ether oxygens (including phenoxy) is 1. The van der Waals surface area contributed by atoms with Crippen molar-refractivity contribution in [3.05, 3.63) is 16.1 Å². The van der Waals surface area contributed by atoms with Gasteiger partial charge in [-0.15, -0.1) is 0 Å². The van der Waals surface area contributed by atoms with E-state index in [1.54, 1.807) is 0 Å². The van der Waals surface area contributed by atoms with Gasteiger partial charge in [0.15, 0.2) is 0 Å². The zero-order chi connectivity index (χ0) is 12.3. The van der Waals surface area contributed by atoms with Crippen molar-refractivity contribution in [1.29, 1.82) is 0 Å². The van der Waals surface area contributed by atoms with E-state index in [0.29, 0.717) is 6.04 Å². The highest BCUT2D eigenvalue weighted by atomic mass is 79.9. The maximum Gasteiger partial charge on any atom is 0.129 e. The first-order chi connectivity index (χ1) is 8.22. The summed E-state index contributed by atoms with van der Waals surface area (Å²) < 4.78 is 6.32. The lowest BCUT2D eigenvalue weighted by atomic mass is 10.1. The third kappa shape index (κ3) is 3.07. The summed E-state index contributed by atoms with van der Waals surface area (Å²) >= 11 is 3.53. The minimum atomic E-state index is 0.319. The molecule has 1 fully saturated rings. The first-order valence-electron chi connectivity index (χ1n) is 5.90. The Morgan fingerprint density at radius 1 is 1.53 bits per heavy atom. The maximum atomic E-state index is 5.40. The lowest BCUT2D eigenvalue weighted by molar-refractivity contribution is 0.0156. The molecule has 0 aromatic carbocycles. The number of morpholine rings is 1. The van der Waals surface area contributed by atoms with Crippen LogP contribution in [0.15, 0.2) is 4.60 Å². The molecular formula is C11H19BrN4O. The summed E-state index contributed by atoms with van der Waals surface area (Å²) in [4.78, 5) is 10.2. The van der Waals surface area contributed by atoms with E-state index in [9.17, 15) is 0 Å². The Morgan fingerprint density at radius 2 is 2.24 bits per heavy atom. The molecule has 1 aliphatic heterocycles. The lowest BCUT2D eigenvalue weighted by Crippen LogP contribution is -2.42. The number of aromatic nitrogens is 2. The fourth-order valence-electron chi connectivity index (χ4n) is 2.20. The minimum absolute atomic E-state index is 0.319. The number of likely N-dealkylation sites (N-methyl/N-ethyl adjacent to an activating group) is 1. The van der Waals surface area contributed by atoms with Gasteiger partial charge in [0.05, 0.1) is 24.9 Å². The molecule has 1 aromatic heterocycles. The highest BCUT2D eigenvalue weighted by Gasteiger charge is 2.25. The summed E-state index contributed by atoms with van der Waals surface area (Å²) in [5.74, 6) is 0.946. The first kappa shape index (κ1) is 13.0. The summed E-state index contributed by atoms with van der Waals surface area (Å²) in [6, 6.07) is 0.319. The van der Waals surface area contributed by atoms with E-state index in [1.807, 2.05) is 14.0 Å². The van der Waals surface area contributed by atoms with Gasteiger partial charge < -0.3 is 15.0 Å². The molecule has 17 heavy (non-hydrogen) atoms. The Kier molecular flexibility index (Phi) is 4.55. The highest BCUT2D eigenvalue weighted by Crippen LogP contribution is 2.26. The summed E-state index contributed by atoms with van der Waals surface area (Å²) in [6.07, 6.45) is 0. The maximum absolute atomic E-state index is 5.40. The summed E-state index contributed by atoms with van der Waals surface area (Å²) in [6.45, 7) is 6.44. The fourth-order valence-corrected chi connectivity index (χ4v) is 2.83. The van der Waals surface area contributed by atoms with Gasteiger partial charge in [-0.05, 0) is 29.9 Å². The Balaban J connectivity index is 2.18. The van der Waals surface area contributed by atoms with E-state index >= 15 is 0 Å². The minimum Gasteiger partial charge on any atom is -0.379 e. The van der Waals surface area contributed by atoms with Crippen molar-refractivity contribution in [1.82, 2.24) is 20.2 Å². The highest BCUT2D eigenvalue weighted by molar-refractivity contribution is 9.10. The number of hydrogen-bond donors (Lipinski definition) is 2. The molecule has 2 heterocycles. The van der Waals surface area contributed by atoms with Gasteiger partial charge in [-0.2, -0.15) is 0 Å². The Hall–Kier alpha value is -0.430.